The molecular weight excluding hydrogens is 412 g/mol. The number of carbonyl (C=O) groups excluding carboxylic acids is 2. The van der Waals surface area contributed by atoms with Crippen molar-refractivity contribution in [1.29, 1.82) is 0 Å². The fourth-order valence-corrected chi connectivity index (χ4v) is 3.73. The molecule has 0 bridgehead atoms. The molecule has 12 heteroatoms. The lowest BCUT2D eigenvalue weighted by Gasteiger charge is -2.11. The molecule has 10 nitrogen and oxygen atoms in total. The van der Waals surface area contributed by atoms with Crippen LogP contribution in [0.2, 0.25) is 0 Å². The summed E-state index contributed by atoms with van der Waals surface area (Å²) in [6, 6.07) is 9.45. The Balaban J connectivity index is 3.08. The number of rotatable bonds is 6. The Bertz CT molecular complexity index is 1170. The summed E-state index contributed by atoms with van der Waals surface area (Å²) in [5.41, 5.74) is -1.93. The third-order valence-electron chi connectivity index (χ3n) is 3.38. The van der Waals surface area contributed by atoms with Gasteiger partial charge in [-0.25, -0.2) is 9.59 Å². The van der Waals surface area contributed by atoms with Crippen LogP contribution < -0.4 is 0 Å². The number of isocyanates is 2. The van der Waals surface area contributed by atoms with E-state index in [4.69, 9.17) is 0 Å². The molecule has 0 saturated heterocycles. The molecule has 0 aromatic heterocycles. The first-order valence-corrected chi connectivity index (χ1v) is 10.0. The van der Waals surface area contributed by atoms with Gasteiger partial charge in [0.1, 0.15) is 21.2 Å². The van der Waals surface area contributed by atoms with Gasteiger partial charge in [0.2, 0.25) is 12.2 Å². The number of benzene rings is 2. The Hall–Kier alpha value is -3.24. The van der Waals surface area contributed by atoms with Crippen molar-refractivity contribution in [2.24, 2.45) is 9.98 Å². The normalized spacial score (nSPS) is 12.4. The zero-order valence-corrected chi connectivity index (χ0v) is 15.3. The van der Waals surface area contributed by atoms with Crippen molar-refractivity contribution >= 4 is 43.8 Å². The Labute approximate surface area is 159 Å². The quantitative estimate of drug-likeness (QED) is 0.307. The molecule has 2 N–H and O–H groups in total. The van der Waals surface area contributed by atoms with Crippen LogP contribution in [-0.2, 0) is 29.8 Å². The Morgan fingerprint density at radius 1 is 0.679 bits per heavy atom. The van der Waals surface area contributed by atoms with Gasteiger partial charge in [0, 0.05) is 11.1 Å². The van der Waals surface area contributed by atoms with Gasteiger partial charge in [-0.3, -0.25) is 9.11 Å². The Morgan fingerprint density at radius 3 is 1.29 bits per heavy atom. The number of hydrogen-bond acceptors (Lipinski definition) is 8. The summed E-state index contributed by atoms with van der Waals surface area (Å²) < 4.78 is 65.5. The maximum atomic E-state index is 11.7. The minimum Gasteiger partial charge on any atom is -0.282 e. The predicted molar refractivity (Wildman–Crippen MR) is 95.6 cm³/mol. The molecule has 0 saturated carbocycles. The molecule has 0 amide bonds. The molecule has 0 fully saturated rings. The third-order valence-corrected chi connectivity index (χ3v) is 5.20. The van der Waals surface area contributed by atoms with Crippen LogP contribution in [0.15, 0.2) is 68.3 Å². The minimum atomic E-state index is -4.80. The van der Waals surface area contributed by atoms with Gasteiger partial charge in [-0.05, 0) is 12.1 Å². The van der Waals surface area contributed by atoms with Crippen LogP contribution in [0, 0.1) is 0 Å². The summed E-state index contributed by atoms with van der Waals surface area (Å²) in [5.74, 6) is 0. The minimum absolute atomic E-state index is 0.368. The van der Waals surface area contributed by atoms with Gasteiger partial charge >= 0.3 is 0 Å². The van der Waals surface area contributed by atoms with Crippen LogP contribution in [0.3, 0.4) is 0 Å². The van der Waals surface area contributed by atoms with E-state index in [1.807, 2.05) is 0 Å². The Morgan fingerprint density at radius 2 is 1.00 bits per heavy atom. The van der Waals surface area contributed by atoms with Crippen LogP contribution in [0.5, 0.6) is 0 Å². The fraction of sp³-hybridized carbons (Fsp3) is 0. The number of aliphatic imine (C=N–C) groups is 2. The molecule has 2 rings (SSSR count). The van der Waals surface area contributed by atoms with E-state index in [9.17, 15) is 35.5 Å². The zero-order valence-electron chi connectivity index (χ0n) is 13.7. The second-order valence-electron chi connectivity index (χ2n) is 5.05. The molecule has 144 valence electrons. The second kappa shape index (κ2) is 8.19. The molecular formula is C16H10N2O8S2. The van der Waals surface area contributed by atoms with Gasteiger partial charge < -0.3 is 0 Å². The average molecular weight is 422 g/mol. The van der Waals surface area contributed by atoms with E-state index in [-0.39, 0.29) is 11.1 Å². The van der Waals surface area contributed by atoms with Crippen LogP contribution in [-0.4, -0.2) is 38.1 Å². The predicted octanol–water partition coefficient (Wildman–Crippen LogP) is 1.68. The van der Waals surface area contributed by atoms with E-state index in [2.05, 4.69) is 9.98 Å². The van der Waals surface area contributed by atoms with E-state index in [0.717, 1.165) is 36.4 Å². The van der Waals surface area contributed by atoms with Crippen LogP contribution in [0.25, 0.3) is 11.4 Å². The summed E-state index contributed by atoms with van der Waals surface area (Å²) in [7, 11) is -9.60. The molecule has 2 aromatic rings. The fourth-order valence-electron chi connectivity index (χ4n) is 2.35. The van der Waals surface area contributed by atoms with Crippen molar-refractivity contribution in [3.63, 3.8) is 0 Å². The smallest absolute Gasteiger partial charge is 0.282 e. The summed E-state index contributed by atoms with van der Waals surface area (Å²) in [5, 5.41) is 0. The van der Waals surface area contributed by atoms with Crippen molar-refractivity contribution in [2.45, 2.75) is 9.79 Å². The SMILES string of the molecule is O=C=NC(=C(N=C=O)c1ccccc1S(=O)(=O)O)c1ccccc1S(=O)(=O)O. The highest BCUT2D eigenvalue weighted by molar-refractivity contribution is 7.86. The van der Waals surface area contributed by atoms with Gasteiger partial charge in [0.05, 0.1) is 0 Å². The van der Waals surface area contributed by atoms with Crippen molar-refractivity contribution < 1.29 is 35.5 Å². The maximum Gasteiger partial charge on any atom is 0.295 e. The van der Waals surface area contributed by atoms with Crippen molar-refractivity contribution in [3.8, 4) is 0 Å². The van der Waals surface area contributed by atoms with Gasteiger partial charge in [0.25, 0.3) is 20.2 Å². The van der Waals surface area contributed by atoms with Crippen molar-refractivity contribution in [3.05, 3.63) is 59.7 Å². The van der Waals surface area contributed by atoms with Crippen molar-refractivity contribution in [2.75, 3.05) is 0 Å². The molecule has 0 radical (unpaired) electrons. The highest BCUT2D eigenvalue weighted by Crippen LogP contribution is 2.34. The topological polar surface area (TPSA) is 168 Å². The molecule has 2 aromatic carbocycles. The van der Waals surface area contributed by atoms with Gasteiger partial charge in [0.15, 0.2) is 0 Å². The van der Waals surface area contributed by atoms with Gasteiger partial charge in [-0.1, -0.05) is 36.4 Å². The largest absolute Gasteiger partial charge is 0.295 e. The van der Waals surface area contributed by atoms with Gasteiger partial charge in [-0.2, -0.15) is 26.8 Å². The van der Waals surface area contributed by atoms with Crippen LogP contribution >= 0.6 is 0 Å². The second-order valence-corrected chi connectivity index (χ2v) is 7.83. The Kier molecular flexibility index (Phi) is 6.16. The summed E-state index contributed by atoms with van der Waals surface area (Å²) in [4.78, 5) is 27.1. The molecule has 0 spiro atoms. The molecule has 0 atom stereocenters. The first-order valence-electron chi connectivity index (χ1n) is 7.15. The molecule has 28 heavy (non-hydrogen) atoms. The average Bonchev–Trinajstić information content (AvgIpc) is 2.63. The molecule has 0 heterocycles. The van der Waals surface area contributed by atoms with Crippen LogP contribution in [0.1, 0.15) is 11.1 Å². The molecule has 0 aliphatic rings. The van der Waals surface area contributed by atoms with E-state index in [1.54, 1.807) is 0 Å². The van der Waals surface area contributed by atoms with E-state index >= 15 is 0 Å². The van der Waals surface area contributed by atoms with E-state index in [1.165, 1.54) is 24.3 Å². The molecule has 0 unspecified atom stereocenters. The third kappa shape index (κ3) is 4.53. The number of hydrogen-bond donors (Lipinski definition) is 2. The summed E-state index contributed by atoms with van der Waals surface area (Å²) >= 11 is 0. The monoisotopic (exact) mass is 422 g/mol. The number of nitrogens with zero attached hydrogens (tertiary/aromatic N) is 2. The zero-order chi connectivity index (χ0) is 20.9. The highest BCUT2D eigenvalue weighted by atomic mass is 32.2. The standard InChI is InChI=1S/C16H10N2O8S2/c19-9-17-15(11-5-1-3-7-13(11)27(21,22)23)16(18-10-20)12-6-2-4-8-14(12)28(24,25)26/h1-8H,(H,21,22,23)(H,24,25,26). The van der Waals surface area contributed by atoms with E-state index in [0.29, 0.717) is 0 Å². The molecule has 0 aliphatic heterocycles. The summed E-state index contributed by atoms with van der Waals surface area (Å²) in [6.07, 6.45) is 2.30. The highest BCUT2D eigenvalue weighted by Gasteiger charge is 2.24. The van der Waals surface area contributed by atoms with E-state index < -0.39 is 41.4 Å². The van der Waals surface area contributed by atoms with Crippen LogP contribution in [0.4, 0.5) is 0 Å². The first-order chi connectivity index (χ1) is 13.1. The maximum absolute atomic E-state index is 11.7. The van der Waals surface area contributed by atoms with Crippen molar-refractivity contribution in [1.82, 2.24) is 0 Å². The van der Waals surface area contributed by atoms with Gasteiger partial charge in [-0.15, -0.1) is 0 Å². The lowest BCUT2D eigenvalue weighted by molar-refractivity contribution is 0.480. The summed E-state index contributed by atoms with van der Waals surface area (Å²) in [6.45, 7) is 0. The molecule has 0 aliphatic carbocycles. The lowest BCUT2D eigenvalue weighted by Crippen LogP contribution is -2.05. The lowest BCUT2D eigenvalue weighted by atomic mass is 10.1. The first kappa shape index (κ1) is 21.1.